The van der Waals surface area contributed by atoms with Crippen LogP contribution in [0.15, 0.2) is 4.52 Å². The van der Waals surface area contributed by atoms with Crippen LogP contribution in [0.3, 0.4) is 0 Å². The summed E-state index contributed by atoms with van der Waals surface area (Å²) < 4.78 is 5.48. The molecule has 2 aliphatic carbocycles. The second-order valence-corrected chi connectivity index (χ2v) is 9.19. The highest BCUT2D eigenvalue weighted by Gasteiger charge is 2.35. The van der Waals surface area contributed by atoms with E-state index in [1.54, 1.807) is 11.3 Å². The van der Waals surface area contributed by atoms with Crippen molar-refractivity contribution in [1.82, 2.24) is 15.0 Å². The maximum atomic E-state index is 12.8. The summed E-state index contributed by atoms with van der Waals surface area (Å²) in [7, 11) is 0. The van der Waals surface area contributed by atoms with E-state index in [1.165, 1.54) is 4.88 Å². The largest absolute Gasteiger partial charge is 0.339 e. The monoisotopic (exact) mass is 397 g/mol. The van der Waals surface area contributed by atoms with E-state index >= 15 is 0 Å². The molecule has 28 heavy (non-hydrogen) atoms. The zero-order valence-corrected chi connectivity index (χ0v) is 16.7. The van der Waals surface area contributed by atoms with Crippen LogP contribution in [0.1, 0.15) is 72.2 Å². The van der Waals surface area contributed by atoms with E-state index in [1.807, 2.05) is 6.92 Å². The number of carbonyl (C=O) groups excluding carboxylic acids is 1. The van der Waals surface area contributed by atoms with Crippen LogP contribution < -0.4 is 5.32 Å². The van der Waals surface area contributed by atoms with Crippen molar-refractivity contribution in [2.24, 2.45) is 0 Å². The Balaban J connectivity index is 1.23. The van der Waals surface area contributed by atoms with Gasteiger partial charge in [0.2, 0.25) is 11.8 Å². The van der Waals surface area contributed by atoms with E-state index in [4.69, 9.17) is 4.52 Å². The van der Waals surface area contributed by atoms with Gasteiger partial charge < -0.3 is 9.84 Å². The van der Waals surface area contributed by atoms with Crippen molar-refractivity contribution < 1.29 is 9.32 Å². The molecule has 1 saturated carbocycles. The van der Waals surface area contributed by atoms with Crippen LogP contribution in [-0.4, -0.2) is 40.1 Å². The van der Waals surface area contributed by atoms with Gasteiger partial charge in [-0.25, -0.2) is 0 Å². The molecule has 3 heterocycles. The molecule has 1 amide bonds. The molecule has 7 nitrogen and oxygen atoms in total. The Labute approximate surface area is 167 Å². The minimum atomic E-state index is -0.265. The number of aryl methyl sites for hydroxylation is 1. The summed E-state index contributed by atoms with van der Waals surface area (Å²) in [5, 5.41) is 17.4. The summed E-state index contributed by atoms with van der Waals surface area (Å²) in [5.74, 6) is 2.17. The van der Waals surface area contributed by atoms with Crippen LogP contribution in [0.4, 0.5) is 5.00 Å². The number of nitrogens with one attached hydrogen (secondary N) is 1. The highest BCUT2D eigenvalue weighted by Crippen LogP contribution is 2.40. The third-order valence-electron chi connectivity index (χ3n) is 6.17. The summed E-state index contributed by atoms with van der Waals surface area (Å²) >= 11 is 1.56. The summed E-state index contributed by atoms with van der Waals surface area (Å²) in [5.41, 5.74) is 1.80. The number of anilines is 1. The van der Waals surface area contributed by atoms with Gasteiger partial charge in [0.1, 0.15) is 11.1 Å². The molecule has 0 radical (unpaired) electrons. The number of likely N-dealkylation sites (tertiary alicyclic amines) is 1. The first kappa shape index (κ1) is 17.8. The van der Waals surface area contributed by atoms with Gasteiger partial charge >= 0.3 is 0 Å². The van der Waals surface area contributed by atoms with Gasteiger partial charge in [-0.1, -0.05) is 5.16 Å². The van der Waals surface area contributed by atoms with E-state index in [2.05, 4.69) is 26.4 Å². The molecule has 2 aromatic heterocycles. The Kier molecular flexibility index (Phi) is 4.44. The number of amides is 1. The lowest BCUT2D eigenvalue weighted by atomic mass is 10.1. The molecule has 1 aliphatic heterocycles. The van der Waals surface area contributed by atoms with Crippen LogP contribution in [0.5, 0.6) is 0 Å². The van der Waals surface area contributed by atoms with Gasteiger partial charge in [-0.3, -0.25) is 9.69 Å². The molecular weight excluding hydrogens is 374 g/mol. The Morgan fingerprint density at radius 3 is 3.00 bits per heavy atom. The minimum absolute atomic E-state index is 0.0544. The van der Waals surface area contributed by atoms with Crippen LogP contribution in [0.2, 0.25) is 0 Å². The molecule has 3 aliphatic rings. The zero-order valence-electron chi connectivity index (χ0n) is 15.9. The number of aromatic nitrogens is 2. The highest BCUT2D eigenvalue weighted by atomic mass is 32.1. The van der Waals surface area contributed by atoms with Gasteiger partial charge in [-0.05, 0) is 57.6 Å². The number of hydrogen-bond acceptors (Lipinski definition) is 7. The summed E-state index contributed by atoms with van der Waals surface area (Å²) in [6.07, 6.45) is 6.30. The second-order valence-electron chi connectivity index (χ2n) is 8.08. The summed E-state index contributed by atoms with van der Waals surface area (Å²) in [4.78, 5) is 20.8. The lowest BCUT2D eigenvalue weighted by Gasteiger charge is -2.23. The van der Waals surface area contributed by atoms with Gasteiger partial charge in [-0.2, -0.15) is 10.2 Å². The first-order valence-corrected chi connectivity index (χ1v) is 10.9. The normalized spacial score (nSPS) is 22.8. The third-order valence-corrected chi connectivity index (χ3v) is 7.37. The quantitative estimate of drug-likeness (QED) is 0.833. The average Bonchev–Trinajstić information content (AvgIpc) is 3.11. The van der Waals surface area contributed by atoms with Gasteiger partial charge in [0, 0.05) is 17.3 Å². The zero-order chi connectivity index (χ0) is 19.3. The number of nitriles is 1. The molecule has 5 rings (SSSR count). The summed E-state index contributed by atoms with van der Waals surface area (Å²) in [6, 6.07) is 2.02. The molecule has 1 N–H and O–H groups in total. The first-order chi connectivity index (χ1) is 13.6. The fourth-order valence-electron chi connectivity index (χ4n) is 4.25. The molecular formula is C20H23N5O2S. The molecule has 146 valence electrons. The molecule has 0 spiro atoms. The van der Waals surface area contributed by atoms with E-state index in [0.717, 1.165) is 63.0 Å². The first-order valence-electron chi connectivity index (χ1n) is 10.1. The Hall–Kier alpha value is -2.24. The summed E-state index contributed by atoms with van der Waals surface area (Å²) in [6.45, 7) is 3.49. The fraction of sp³-hybridized carbons (Fsp3) is 0.600. The van der Waals surface area contributed by atoms with E-state index < -0.39 is 0 Å². The molecule has 0 aromatic carbocycles. The third kappa shape index (κ3) is 3.12. The SMILES string of the molecule is CC(C(=O)Nc1sc2c(c1C#N)CCC2)N1CCC(c2nc(C3CC3)no2)C1. The van der Waals surface area contributed by atoms with Crippen molar-refractivity contribution in [1.29, 1.82) is 5.26 Å². The van der Waals surface area contributed by atoms with Gasteiger partial charge in [0.05, 0.1) is 17.5 Å². The van der Waals surface area contributed by atoms with E-state index in [9.17, 15) is 10.1 Å². The molecule has 2 atom stereocenters. The van der Waals surface area contributed by atoms with Crippen LogP contribution in [0, 0.1) is 11.3 Å². The minimum Gasteiger partial charge on any atom is -0.339 e. The number of rotatable bonds is 5. The Bertz CT molecular complexity index is 954. The molecule has 8 heteroatoms. The predicted octanol–water partition coefficient (Wildman–Crippen LogP) is 3.19. The maximum Gasteiger partial charge on any atom is 0.242 e. The number of hydrogen-bond donors (Lipinski definition) is 1. The number of fused-ring (bicyclic) bond motifs is 1. The Morgan fingerprint density at radius 1 is 1.36 bits per heavy atom. The molecule has 2 unspecified atom stereocenters. The van der Waals surface area contributed by atoms with Crippen molar-refractivity contribution in [3.8, 4) is 6.07 Å². The van der Waals surface area contributed by atoms with Crippen molar-refractivity contribution >= 4 is 22.2 Å². The predicted molar refractivity (Wildman–Crippen MR) is 104 cm³/mol. The van der Waals surface area contributed by atoms with E-state index in [0.29, 0.717) is 22.4 Å². The van der Waals surface area contributed by atoms with Crippen molar-refractivity contribution in [2.75, 3.05) is 18.4 Å². The maximum absolute atomic E-state index is 12.8. The second kappa shape index (κ2) is 6.98. The Morgan fingerprint density at radius 2 is 2.21 bits per heavy atom. The average molecular weight is 398 g/mol. The molecule has 0 bridgehead atoms. The molecule has 2 fully saturated rings. The van der Waals surface area contributed by atoms with Crippen molar-refractivity contribution in [3.63, 3.8) is 0 Å². The standard InChI is InChI=1S/C20H23N5O2S/c1-11(18(26)23-20-15(9-21)14-3-2-4-16(14)28-20)25-8-7-13(10-25)19-22-17(24-27-19)12-5-6-12/h11-13H,2-8,10H2,1H3,(H,23,26). The fourth-order valence-corrected chi connectivity index (χ4v) is 5.50. The topological polar surface area (TPSA) is 95.1 Å². The van der Waals surface area contributed by atoms with Gasteiger partial charge in [0.25, 0.3) is 0 Å². The van der Waals surface area contributed by atoms with Crippen LogP contribution in [0.25, 0.3) is 0 Å². The molecule has 1 saturated heterocycles. The van der Waals surface area contributed by atoms with E-state index in [-0.39, 0.29) is 17.9 Å². The molecule has 2 aromatic rings. The number of nitrogens with zero attached hydrogens (tertiary/aromatic N) is 4. The highest BCUT2D eigenvalue weighted by molar-refractivity contribution is 7.16. The lowest BCUT2D eigenvalue weighted by molar-refractivity contribution is -0.120. The lowest BCUT2D eigenvalue weighted by Crippen LogP contribution is -2.40. The van der Waals surface area contributed by atoms with Crippen LogP contribution >= 0.6 is 11.3 Å². The van der Waals surface area contributed by atoms with Gasteiger partial charge in [0.15, 0.2) is 5.82 Å². The van der Waals surface area contributed by atoms with Crippen molar-refractivity contribution in [3.05, 3.63) is 27.7 Å². The van der Waals surface area contributed by atoms with Crippen LogP contribution in [-0.2, 0) is 17.6 Å². The smallest absolute Gasteiger partial charge is 0.242 e. The van der Waals surface area contributed by atoms with Gasteiger partial charge in [-0.15, -0.1) is 11.3 Å². The van der Waals surface area contributed by atoms with Crippen molar-refractivity contribution in [2.45, 2.75) is 63.3 Å². The number of thiophene rings is 1. The number of carbonyl (C=O) groups is 1.